The van der Waals surface area contributed by atoms with Crippen molar-refractivity contribution in [1.29, 1.82) is 0 Å². The second kappa shape index (κ2) is 23.0. The molecule has 32 heavy (non-hydrogen) atoms. The summed E-state index contributed by atoms with van der Waals surface area (Å²) in [4.78, 5) is 23.8. The number of methoxy groups -OCH3 is 1. The van der Waals surface area contributed by atoms with Gasteiger partial charge in [-0.05, 0) is 33.6 Å². The zero-order chi connectivity index (χ0) is 26.4. The molecule has 0 aliphatic rings. The van der Waals surface area contributed by atoms with Gasteiger partial charge in [-0.25, -0.2) is 0 Å². The Morgan fingerprint density at radius 2 is 1.22 bits per heavy atom. The van der Waals surface area contributed by atoms with Gasteiger partial charge in [-0.15, -0.1) is 0 Å². The molecule has 7 heteroatoms. The van der Waals surface area contributed by atoms with Crippen molar-refractivity contribution < 1.29 is 23.8 Å². The molecule has 0 fully saturated rings. The molecule has 0 aliphatic carbocycles. The number of hydrogen-bond donors (Lipinski definition) is 2. The Kier molecular flexibility index (Phi) is 27.4. The van der Waals surface area contributed by atoms with E-state index in [0.717, 1.165) is 0 Å². The Labute approximate surface area is 199 Å². The Bertz CT molecular complexity index is 433. The number of hydrogen-bond acceptors (Lipinski definition) is 7. The lowest BCUT2D eigenvalue weighted by Crippen LogP contribution is -2.45. The predicted octanol–water partition coefficient (Wildman–Crippen LogP) is 5.45. The molecular weight excluding hydrogens is 408 g/mol. The van der Waals surface area contributed by atoms with Crippen molar-refractivity contribution >= 4 is 11.9 Å². The lowest BCUT2D eigenvalue weighted by Gasteiger charge is -2.35. The van der Waals surface area contributed by atoms with Crippen LogP contribution in [-0.2, 0) is 23.8 Å². The summed E-state index contributed by atoms with van der Waals surface area (Å²) in [6, 6.07) is -0.668. The molecule has 0 aromatic heterocycles. The molecule has 0 radical (unpaired) electrons. The molecule has 3 N–H and O–H groups in total. The van der Waals surface area contributed by atoms with Gasteiger partial charge in [0.2, 0.25) is 0 Å². The van der Waals surface area contributed by atoms with E-state index >= 15 is 0 Å². The SMILES string of the molecule is CCC.CCC.CCC.COCNCC(=O)OC(C)(C)CC(C)(C)OC(=O)C(N)C(C)C. The molecule has 0 aliphatic heterocycles. The van der Waals surface area contributed by atoms with Gasteiger partial charge in [-0.1, -0.05) is 74.7 Å². The van der Waals surface area contributed by atoms with E-state index in [-0.39, 0.29) is 19.2 Å². The van der Waals surface area contributed by atoms with E-state index in [9.17, 15) is 9.59 Å². The predicted molar refractivity (Wildman–Crippen MR) is 136 cm³/mol. The molecule has 0 rings (SSSR count). The van der Waals surface area contributed by atoms with Gasteiger partial charge in [0.1, 0.15) is 17.2 Å². The summed E-state index contributed by atoms with van der Waals surface area (Å²) >= 11 is 0. The highest BCUT2D eigenvalue weighted by molar-refractivity contribution is 5.76. The molecule has 0 aromatic carbocycles. The van der Waals surface area contributed by atoms with Gasteiger partial charge < -0.3 is 19.9 Å². The molecule has 0 saturated heterocycles. The highest BCUT2D eigenvalue weighted by Crippen LogP contribution is 2.27. The minimum atomic E-state index is -0.798. The topological polar surface area (TPSA) is 99.9 Å². The average molecular weight is 465 g/mol. The van der Waals surface area contributed by atoms with Crippen molar-refractivity contribution in [2.75, 3.05) is 20.4 Å². The Hall–Kier alpha value is -1.18. The number of nitrogens with one attached hydrogen (secondary N) is 1. The van der Waals surface area contributed by atoms with E-state index < -0.39 is 29.2 Å². The van der Waals surface area contributed by atoms with E-state index in [2.05, 4.69) is 46.9 Å². The molecular formula is C25H56N2O5. The van der Waals surface area contributed by atoms with Crippen LogP contribution >= 0.6 is 0 Å². The summed E-state index contributed by atoms with van der Waals surface area (Å²) in [7, 11) is 1.53. The second-order valence-electron chi connectivity index (χ2n) is 9.34. The van der Waals surface area contributed by atoms with Gasteiger partial charge in [-0.2, -0.15) is 0 Å². The van der Waals surface area contributed by atoms with Crippen LogP contribution in [0.25, 0.3) is 0 Å². The summed E-state index contributed by atoms with van der Waals surface area (Å²) in [6.07, 6.45) is 4.10. The first-order valence-electron chi connectivity index (χ1n) is 12.0. The molecule has 1 atom stereocenters. The first-order valence-corrected chi connectivity index (χ1v) is 12.0. The van der Waals surface area contributed by atoms with Crippen LogP contribution in [0.3, 0.4) is 0 Å². The minimum Gasteiger partial charge on any atom is -0.459 e. The van der Waals surface area contributed by atoms with Gasteiger partial charge in [0.15, 0.2) is 0 Å². The molecule has 0 aromatic rings. The van der Waals surface area contributed by atoms with Crippen LogP contribution in [-0.4, -0.2) is 49.6 Å². The second-order valence-corrected chi connectivity index (χ2v) is 9.34. The molecule has 0 spiro atoms. The zero-order valence-corrected chi connectivity index (χ0v) is 23.5. The van der Waals surface area contributed by atoms with E-state index in [1.807, 2.05) is 13.8 Å². The maximum absolute atomic E-state index is 12.0. The quantitative estimate of drug-likeness (QED) is 0.252. The third kappa shape index (κ3) is 28.8. The summed E-state index contributed by atoms with van der Waals surface area (Å²) in [5, 5.41) is 2.78. The summed E-state index contributed by atoms with van der Waals surface area (Å²) in [6.45, 7) is 23.9. The van der Waals surface area contributed by atoms with Gasteiger partial charge in [0.05, 0.1) is 13.3 Å². The fraction of sp³-hybridized carbons (Fsp3) is 0.920. The van der Waals surface area contributed by atoms with Crippen molar-refractivity contribution in [3.05, 3.63) is 0 Å². The van der Waals surface area contributed by atoms with Crippen molar-refractivity contribution in [3.8, 4) is 0 Å². The highest BCUT2D eigenvalue weighted by Gasteiger charge is 2.36. The van der Waals surface area contributed by atoms with E-state index in [1.54, 1.807) is 27.7 Å². The Balaban J connectivity index is -0.000000371. The minimum absolute atomic E-state index is 0.00371. The van der Waals surface area contributed by atoms with Crippen LogP contribution in [0, 0.1) is 5.92 Å². The van der Waals surface area contributed by atoms with Crippen molar-refractivity contribution in [3.63, 3.8) is 0 Å². The Morgan fingerprint density at radius 3 is 1.56 bits per heavy atom. The molecule has 0 saturated carbocycles. The number of esters is 2. The molecule has 0 bridgehead atoms. The van der Waals surface area contributed by atoms with E-state index in [1.165, 1.54) is 26.4 Å². The summed E-state index contributed by atoms with van der Waals surface area (Å²) < 4.78 is 15.7. The molecule has 196 valence electrons. The third-order valence-corrected chi connectivity index (χ3v) is 3.12. The van der Waals surface area contributed by atoms with Crippen LogP contribution < -0.4 is 11.1 Å². The van der Waals surface area contributed by atoms with E-state index in [0.29, 0.717) is 6.42 Å². The van der Waals surface area contributed by atoms with Crippen LogP contribution in [0.15, 0.2) is 0 Å². The largest absolute Gasteiger partial charge is 0.459 e. The fourth-order valence-electron chi connectivity index (χ4n) is 2.31. The maximum Gasteiger partial charge on any atom is 0.323 e. The maximum atomic E-state index is 12.0. The third-order valence-electron chi connectivity index (χ3n) is 3.12. The molecule has 1 unspecified atom stereocenters. The molecule has 0 amide bonds. The standard InChI is InChI=1S/C16H32N2O5.3C3H8/c1-11(2)13(17)14(20)23-16(5,6)9-15(3,4)22-12(19)8-18-10-21-7;3*1-3-2/h11,13,18H,8-10,17H2,1-7H3;3*3H2,1-2H3. The molecule has 0 heterocycles. The van der Waals surface area contributed by atoms with Crippen LogP contribution in [0.2, 0.25) is 0 Å². The van der Waals surface area contributed by atoms with Crippen molar-refractivity contribution in [2.45, 2.75) is 126 Å². The van der Waals surface area contributed by atoms with Gasteiger partial charge in [0, 0.05) is 13.5 Å². The van der Waals surface area contributed by atoms with Crippen molar-refractivity contribution in [2.24, 2.45) is 11.7 Å². The van der Waals surface area contributed by atoms with Gasteiger partial charge in [-0.3, -0.25) is 14.9 Å². The first kappa shape index (κ1) is 38.1. The average Bonchev–Trinajstić information content (AvgIpc) is 2.61. The first-order chi connectivity index (χ1) is 14.6. The van der Waals surface area contributed by atoms with Crippen LogP contribution in [0.4, 0.5) is 0 Å². The van der Waals surface area contributed by atoms with Crippen molar-refractivity contribution in [1.82, 2.24) is 5.32 Å². The van der Waals surface area contributed by atoms with Crippen LogP contribution in [0.5, 0.6) is 0 Å². The van der Waals surface area contributed by atoms with Gasteiger partial charge >= 0.3 is 11.9 Å². The summed E-state index contributed by atoms with van der Waals surface area (Å²) in [5.41, 5.74) is 4.22. The molecule has 7 nitrogen and oxygen atoms in total. The van der Waals surface area contributed by atoms with E-state index in [4.69, 9.17) is 19.9 Å². The summed E-state index contributed by atoms with van der Waals surface area (Å²) in [5.74, 6) is -0.849. The lowest BCUT2D eigenvalue weighted by molar-refractivity contribution is -0.171. The fourth-order valence-corrected chi connectivity index (χ4v) is 2.31. The number of carbonyl (C=O) groups is 2. The zero-order valence-electron chi connectivity index (χ0n) is 23.5. The normalized spacial score (nSPS) is 11.6. The Morgan fingerprint density at radius 1 is 0.844 bits per heavy atom. The number of ether oxygens (including phenoxy) is 3. The number of nitrogens with two attached hydrogens (primary N) is 1. The number of carbonyl (C=O) groups excluding carboxylic acids is 2. The monoisotopic (exact) mass is 464 g/mol. The lowest BCUT2D eigenvalue weighted by atomic mass is 9.91. The highest BCUT2D eigenvalue weighted by atomic mass is 16.6. The van der Waals surface area contributed by atoms with Gasteiger partial charge in [0.25, 0.3) is 0 Å². The van der Waals surface area contributed by atoms with Crippen LogP contribution in [0.1, 0.15) is 109 Å². The number of rotatable bonds is 10. The smallest absolute Gasteiger partial charge is 0.323 e.